The summed E-state index contributed by atoms with van der Waals surface area (Å²) in [5, 5.41) is 16.3. The predicted octanol–water partition coefficient (Wildman–Crippen LogP) is 4.15. The summed E-state index contributed by atoms with van der Waals surface area (Å²) in [6, 6.07) is 3.45. The van der Waals surface area contributed by atoms with Gasteiger partial charge in [-0.25, -0.2) is 0 Å². The van der Waals surface area contributed by atoms with Crippen molar-refractivity contribution < 1.29 is 27.6 Å². The SMILES string of the molecule is CC(C)(C)[C@H](NC(=O)C(F)(F)F)C(=O)N1C[C@H]2[C@@H]([C@H]1C(=O)NC(C#N)c1cncc3cc(Cl)ccc13)C2(C)C. The molecule has 1 saturated carbocycles. The smallest absolute Gasteiger partial charge is 0.336 e. The molecule has 1 saturated heterocycles. The number of nitrogens with zero attached hydrogens (tertiary/aromatic N) is 3. The van der Waals surface area contributed by atoms with Crippen LogP contribution < -0.4 is 10.6 Å². The van der Waals surface area contributed by atoms with Crippen LogP contribution in [0.3, 0.4) is 0 Å². The molecule has 4 rings (SSSR count). The summed E-state index contributed by atoms with van der Waals surface area (Å²) < 4.78 is 39.1. The minimum atomic E-state index is -5.17. The number of aromatic nitrogens is 1. The Kier molecular flexibility index (Phi) is 7.09. The molecule has 0 bridgehead atoms. The molecule has 1 aromatic heterocycles. The summed E-state index contributed by atoms with van der Waals surface area (Å²) in [5.41, 5.74) is -0.926. The lowest BCUT2D eigenvalue weighted by Crippen LogP contribution is -2.60. The van der Waals surface area contributed by atoms with Crippen molar-refractivity contribution in [2.45, 2.75) is 58.9 Å². The molecule has 0 radical (unpaired) electrons. The molecule has 12 heteroatoms. The van der Waals surface area contributed by atoms with Gasteiger partial charge in [0.15, 0.2) is 0 Å². The van der Waals surface area contributed by atoms with Gasteiger partial charge >= 0.3 is 12.1 Å². The van der Waals surface area contributed by atoms with E-state index in [-0.39, 0.29) is 23.8 Å². The highest BCUT2D eigenvalue weighted by Gasteiger charge is 2.70. The number of carbonyl (C=O) groups excluding carboxylic acids is 3. The van der Waals surface area contributed by atoms with Gasteiger partial charge in [0, 0.05) is 34.9 Å². The van der Waals surface area contributed by atoms with E-state index in [1.807, 2.05) is 19.2 Å². The molecule has 1 aliphatic heterocycles. The Morgan fingerprint density at radius 1 is 1.18 bits per heavy atom. The van der Waals surface area contributed by atoms with Crippen LogP contribution in [0.5, 0.6) is 0 Å². The zero-order chi connectivity index (χ0) is 29.1. The van der Waals surface area contributed by atoms with Crippen molar-refractivity contribution in [1.29, 1.82) is 5.26 Å². The fraction of sp³-hybridized carbons (Fsp3) is 0.519. The summed E-state index contributed by atoms with van der Waals surface area (Å²) in [5.74, 6) is -3.93. The van der Waals surface area contributed by atoms with Crippen LogP contribution in [0.1, 0.15) is 46.2 Å². The predicted molar refractivity (Wildman–Crippen MR) is 137 cm³/mol. The Labute approximate surface area is 228 Å². The first-order valence-corrected chi connectivity index (χ1v) is 12.8. The second kappa shape index (κ2) is 9.66. The van der Waals surface area contributed by atoms with Crippen molar-refractivity contribution in [3.8, 4) is 6.07 Å². The van der Waals surface area contributed by atoms with Crippen molar-refractivity contribution in [3.63, 3.8) is 0 Å². The van der Waals surface area contributed by atoms with Crippen molar-refractivity contribution in [2.75, 3.05) is 6.54 Å². The molecule has 0 spiro atoms. The molecule has 8 nitrogen and oxygen atoms in total. The van der Waals surface area contributed by atoms with Crippen LogP contribution >= 0.6 is 11.6 Å². The fourth-order valence-electron chi connectivity index (χ4n) is 5.65. The maximum atomic E-state index is 13.7. The Morgan fingerprint density at radius 3 is 2.44 bits per heavy atom. The number of alkyl halides is 3. The summed E-state index contributed by atoms with van der Waals surface area (Å²) >= 11 is 6.07. The Bertz CT molecular complexity index is 1380. The summed E-state index contributed by atoms with van der Waals surface area (Å²) in [4.78, 5) is 44.5. The van der Waals surface area contributed by atoms with Gasteiger partial charge < -0.3 is 15.5 Å². The normalized spacial score (nSPS) is 23.4. The Balaban J connectivity index is 1.64. The zero-order valence-electron chi connectivity index (χ0n) is 22.1. The maximum Gasteiger partial charge on any atom is 0.471 e. The molecule has 1 aromatic carbocycles. The van der Waals surface area contributed by atoms with Gasteiger partial charge in [-0.3, -0.25) is 19.4 Å². The lowest BCUT2D eigenvalue weighted by molar-refractivity contribution is -0.176. The number of piperidine rings is 1. The highest BCUT2D eigenvalue weighted by atomic mass is 35.5. The van der Waals surface area contributed by atoms with Gasteiger partial charge in [0.05, 0.1) is 6.07 Å². The lowest BCUT2D eigenvalue weighted by Gasteiger charge is -2.37. The minimum Gasteiger partial charge on any atom is -0.336 e. The molecule has 2 heterocycles. The fourth-order valence-corrected chi connectivity index (χ4v) is 5.83. The number of hydrogen-bond donors (Lipinski definition) is 2. The molecule has 5 atom stereocenters. The Hall–Kier alpha value is -3.39. The van der Waals surface area contributed by atoms with Crippen molar-refractivity contribution in [3.05, 3.63) is 41.2 Å². The van der Waals surface area contributed by atoms with Crippen LogP contribution in [0.2, 0.25) is 5.02 Å². The molecular formula is C27H29ClF3N5O3. The number of rotatable bonds is 5. The van der Waals surface area contributed by atoms with Crippen LogP contribution in [-0.4, -0.2) is 52.4 Å². The first-order chi connectivity index (χ1) is 18.0. The van der Waals surface area contributed by atoms with E-state index in [4.69, 9.17) is 11.6 Å². The Morgan fingerprint density at radius 2 is 1.85 bits per heavy atom. The van der Waals surface area contributed by atoms with Gasteiger partial charge in [0.1, 0.15) is 18.1 Å². The van der Waals surface area contributed by atoms with Gasteiger partial charge in [-0.1, -0.05) is 52.3 Å². The number of benzene rings is 1. The molecule has 1 unspecified atom stereocenters. The number of halogens is 4. The molecule has 208 valence electrons. The molecule has 3 amide bonds. The first kappa shape index (κ1) is 28.6. The highest BCUT2D eigenvalue weighted by molar-refractivity contribution is 6.31. The van der Waals surface area contributed by atoms with Crippen molar-refractivity contribution >= 4 is 40.1 Å². The number of pyridine rings is 1. The van der Waals surface area contributed by atoms with Gasteiger partial charge in [-0.2, -0.15) is 18.4 Å². The molecular weight excluding hydrogens is 535 g/mol. The topological polar surface area (TPSA) is 115 Å². The molecule has 2 aliphatic rings. The zero-order valence-corrected chi connectivity index (χ0v) is 22.8. The minimum absolute atomic E-state index is 0.0574. The van der Waals surface area contributed by atoms with E-state index < -0.39 is 47.4 Å². The molecule has 1 aliphatic carbocycles. The van der Waals surface area contributed by atoms with Gasteiger partial charge in [0.2, 0.25) is 11.8 Å². The number of nitriles is 1. The quantitative estimate of drug-likeness (QED) is 0.567. The van der Waals surface area contributed by atoms with Gasteiger partial charge in [0.25, 0.3) is 0 Å². The van der Waals surface area contributed by atoms with E-state index in [1.54, 1.807) is 24.4 Å². The van der Waals surface area contributed by atoms with Crippen molar-refractivity contribution in [2.24, 2.45) is 22.7 Å². The van der Waals surface area contributed by atoms with E-state index in [0.29, 0.717) is 21.4 Å². The highest BCUT2D eigenvalue weighted by Crippen LogP contribution is 2.65. The van der Waals surface area contributed by atoms with Crippen LogP contribution in [-0.2, 0) is 14.4 Å². The number of nitrogens with one attached hydrogen (secondary N) is 2. The monoisotopic (exact) mass is 563 g/mol. The average Bonchev–Trinajstić information content (AvgIpc) is 3.15. The lowest BCUT2D eigenvalue weighted by atomic mass is 9.85. The van der Waals surface area contributed by atoms with E-state index in [9.17, 15) is 32.8 Å². The second-order valence-corrected chi connectivity index (χ2v) is 12.3. The van der Waals surface area contributed by atoms with Crippen molar-refractivity contribution in [1.82, 2.24) is 20.5 Å². The number of likely N-dealkylation sites (tertiary alicyclic amines) is 1. The third-order valence-corrected chi connectivity index (χ3v) is 8.12. The number of fused-ring (bicyclic) bond motifs is 2. The maximum absolute atomic E-state index is 13.7. The second-order valence-electron chi connectivity index (χ2n) is 11.8. The van der Waals surface area contributed by atoms with E-state index in [0.717, 1.165) is 0 Å². The number of hydrogen-bond acceptors (Lipinski definition) is 5. The third-order valence-electron chi connectivity index (χ3n) is 7.88. The molecule has 39 heavy (non-hydrogen) atoms. The molecule has 2 aromatic rings. The molecule has 2 N–H and O–H groups in total. The van der Waals surface area contributed by atoms with Gasteiger partial charge in [-0.15, -0.1) is 0 Å². The summed E-state index contributed by atoms with van der Waals surface area (Å²) in [6.45, 7) is 8.66. The first-order valence-electron chi connectivity index (χ1n) is 12.4. The number of amides is 3. The van der Waals surface area contributed by atoms with Crippen LogP contribution in [0.15, 0.2) is 30.6 Å². The standard InChI is InChI=1S/C27H29ClF3N5O3/c1-25(2,3)21(35-24(39)27(29,30)31)23(38)36-12-17-19(26(17,4)5)20(36)22(37)34-18(9-32)16-11-33-10-13-8-14(28)6-7-15(13)16/h6-8,10-11,17-21H,12H2,1-5H3,(H,34,37)(H,35,39)/t17-,18?,19-,20-,21+/m0/s1. The molecule has 2 fully saturated rings. The van der Waals surface area contributed by atoms with Crippen LogP contribution in [0, 0.1) is 34.0 Å². The van der Waals surface area contributed by atoms with Crippen LogP contribution in [0.4, 0.5) is 13.2 Å². The third kappa shape index (κ3) is 5.26. The average molecular weight is 564 g/mol. The largest absolute Gasteiger partial charge is 0.471 e. The van der Waals surface area contributed by atoms with Gasteiger partial charge in [-0.05, 0) is 40.2 Å². The summed E-state index contributed by atoms with van der Waals surface area (Å²) in [7, 11) is 0. The summed E-state index contributed by atoms with van der Waals surface area (Å²) in [6.07, 6.45) is -2.13. The van der Waals surface area contributed by atoms with E-state index in [1.165, 1.54) is 31.9 Å². The van der Waals surface area contributed by atoms with E-state index >= 15 is 0 Å². The number of carbonyl (C=O) groups is 3. The van der Waals surface area contributed by atoms with Crippen LogP contribution in [0.25, 0.3) is 10.8 Å². The van der Waals surface area contributed by atoms with E-state index in [2.05, 4.69) is 16.4 Å².